The van der Waals surface area contributed by atoms with E-state index in [1.807, 2.05) is 18.2 Å². The van der Waals surface area contributed by atoms with E-state index in [1.54, 1.807) is 0 Å². The largest absolute Gasteiger partial charge is 0.310 e. The molecule has 0 saturated carbocycles. The smallest absolute Gasteiger partial charge is 0.160 e. The number of benzene rings is 1. The minimum Gasteiger partial charge on any atom is -0.310 e. The molecule has 1 aromatic rings. The van der Waals surface area contributed by atoms with Gasteiger partial charge in [-0.15, -0.1) is 0 Å². The minimum atomic E-state index is -1.12. The number of rotatable bonds is 2. The molecule has 76 valence electrons. The van der Waals surface area contributed by atoms with E-state index in [1.165, 1.54) is 5.56 Å². The number of hydrogen-bond acceptors (Lipinski definition) is 1. The maximum absolute atomic E-state index is 14.0. The molecule has 1 aromatic carbocycles. The van der Waals surface area contributed by atoms with E-state index in [-0.39, 0.29) is 0 Å². The first kappa shape index (κ1) is 9.66. The van der Waals surface area contributed by atoms with Gasteiger partial charge in [-0.3, -0.25) is 0 Å². The molecule has 1 N–H and O–H groups in total. The lowest BCUT2D eigenvalue weighted by Crippen LogP contribution is -2.53. The Kier molecular flexibility index (Phi) is 2.31. The van der Waals surface area contributed by atoms with Crippen molar-refractivity contribution in [2.45, 2.75) is 25.4 Å². The predicted molar refractivity (Wildman–Crippen MR) is 56.2 cm³/mol. The van der Waals surface area contributed by atoms with Crippen LogP contribution in [0.4, 0.5) is 4.39 Å². The summed E-state index contributed by atoms with van der Waals surface area (Å²) in [6, 6.07) is 7.88. The van der Waals surface area contributed by atoms with Crippen LogP contribution in [-0.2, 0) is 5.67 Å². The molecular formula is C12H16FN. The third kappa shape index (κ3) is 1.55. The van der Waals surface area contributed by atoms with E-state index in [2.05, 4.69) is 25.2 Å². The second-order valence-corrected chi connectivity index (χ2v) is 4.35. The molecule has 2 heteroatoms. The number of nitrogens with one attached hydrogen (secondary N) is 1. The molecule has 0 amide bonds. The molecule has 1 aliphatic rings. The highest BCUT2D eigenvalue weighted by Crippen LogP contribution is 2.31. The molecule has 1 saturated heterocycles. The number of alkyl halides is 1. The van der Waals surface area contributed by atoms with Gasteiger partial charge in [0.15, 0.2) is 5.67 Å². The van der Waals surface area contributed by atoms with Gasteiger partial charge in [-0.2, -0.15) is 0 Å². The number of hydrogen-bond donors (Lipinski definition) is 1. The molecule has 2 rings (SSSR count). The van der Waals surface area contributed by atoms with Gasteiger partial charge < -0.3 is 5.32 Å². The van der Waals surface area contributed by atoms with Crippen molar-refractivity contribution in [2.24, 2.45) is 0 Å². The van der Waals surface area contributed by atoms with Crippen LogP contribution >= 0.6 is 0 Å². The molecule has 0 radical (unpaired) electrons. The Hall–Kier alpha value is -0.890. The summed E-state index contributed by atoms with van der Waals surface area (Å²) in [7, 11) is 0. The van der Waals surface area contributed by atoms with E-state index in [0.29, 0.717) is 19.0 Å². The minimum absolute atomic E-state index is 0.453. The summed E-state index contributed by atoms with van der Waals surface area (Å²) in [6.07, 6.45) is 0. The monoisotopic (exact) mass is 193 g/mol. The number of halogens is 1. The van der Waals surface area contributed by atoms with Crippen LogP contribution in [0.2, 0.25) is 0 Å². The molecule has 14 heavy (non-hydrogen) atoms. The van der Waals surface area contributed by atoms with Gasteiger partial charge in [-0.1, -0.05) is 38.1 Å². The van der Waals surface area contributed by atoms with Crippen molar-refractivity contribution in [1.82, 2.24) is 5.32 Å². The van der Waals surface area contributed by atoms with Crippen molar-refractivity contribution in [3.05, 3.63) is 35.4 Å². The van der Waals surface area contributed by atoms with Crippen LogP contribution in [-0.4, -0.2) is 13.1 Å². The van der Waals surface area contributed by atoms with Crippen molar-refractivity contribution in [1.29, 1.82) is 0 Å². The molecule has 0 spiro atoms. The van der Waals surface area contributed by atoms with Crippen LogP contribution in [0, 0.1) is 0 Å². The second kappa shape index (κ2) is 3.35. The third-order valence-corrected chi connectivity index (χ3v) is 2.88. The lowest BCUT2D eigenvalue weighted by molar-refractivity contribution is 0.0890. The summed E-state index contributed by atoms with van der Waals surface area (Å²) in [6.45, 7) is 5.16. The fourth-order valence-electron chi connectivity index (χ4n) is 1.73. The zero-order chi connectivity index (χ0) is 10.2. The van der Waals surface area contributed by atoms with Gasteiger partial charge in [-0.25, -0.2) is 4.39 Å². The van der Waals surface area contributed by atoms with Crippen LogP contribution in [0.1, 0.15) is 30.9 Å². The highest BCUT2D eigenvalue weighted by atomic mass is 19.1. The molecule has 0 aliphatic carbocycles. The molecule has 1 nitrogen and oxygen atoms in total. The maximum Gasteiger partial charge on any atom is 0.160 e. The van der Waals surface area contributed by atoms with Crippen LogP contribution in [0.5, 0.6) is 0 Å². The van der Waals surface area contributed by atoms with Crippen molar-refractivity contribution in [3.8, 4) is 0 Å². The Bertz CT molecular complexity index is 329. The fraction of sp³-hybridized carbons (Fsp3) is 0.500. The van der Waals surface area contributed by atoms with Crippen LogP contribution in [0.15, 0.2) is 24.3 Å². The van der Waals surface area contributed by atoms with E-state index in [9.17, 15) is 4.39 Å². The summed E-state index contributed by atoms with van der Waals surface area (Å²) >= 11 is 0. The first-order chi connectivity index (χ1) is 6.62. The molecular weight excluding hydrogens is 177 g/mol. The normalized spacial score (nSPS) is 19.4. The zero-order valence-electron chi connectivity index (χ0n) is 8.68. The van der Waals surface area contributed by atoms with Gasteiger partial charge in [0, 0.05) is 13.1 Å². The van der Waals surface area contributed by atoms with Gasteiger partial charge in [0.05, 0.1) is 0 Å². The van der Waals surface area contributed by atoms with Gasteiger partial charge in [0.1, 0.15) is 0 Å². The lowest BCUT2D eigenvalue weighted by atomic mass is 9.87. The highest BCUT2D eigenvalue weighted by Gasteiger charge is 2.38. The Morgan fingerprint density at radius 1 is 1.36 bits per heavy atom. The van der Waals surface area contributed by atoms with Crippen LogP contribution < -0.4 is 5.32 Å². The first-order valence-corrected chi connectivity index (χ1v) is 5.12. The molecule has 1 heterocycles. The van der Waals surface area contributed by atoms with Crippen LogP contribution in [0.3, 0.4) is 0 Å². The standard InChI is InChI=1S/C12H16FN/c1-9(2)10-4-3-5-11(6-10)12(13)7-14-8-12/h3-6,9,14H,7-8H2,1-2H3. The Balaban J connectivity index is 2.30. The van der Waals surface area contributed by atoms with Gasteiger partial charge in [0.25, 0.3) is 0 Å². The van der Waals surface area contributed by atoms with E-state index in [4.69, 9.17) is 0 Å². The van der Waals surface area contributed by atoms with Crippen molar-refractivity contribution >= 4 is 0 Å². The summed E-state index contributed by atoms with van der Waals surface area (Å²) in [5, 5.41) is 2.97. The highest BCUT2D eigenvalue weighted by molar-refractivity contribution is 5.32. The Morgan fingerprint density at radius 2 is 2.07 bits per heavy atom. The average molecular weight is 193 g/mol. The summed E-state index contributed by atoms with van der Waals surface area (Å²) in [5.41, 5.74) is 0.916. The first-order valence-electron chi connectivity index (χ1n) is 5.12. The van der Waals surface area contributed by atoms with Crippen molar-refractivity contribution in [2.75, 3.05) is 13.1 Å². The van der Waals surface area contributed by atoms with E-state index in [0.717, 1.165) is 5.56 Å². The van der Waals surface area contributed by atoms with Crippen LogP contribution in [0.25, 0.3) is 0 Å². The Labute approximate surface area is 84.3 Å². The van der Waals surface area contributed by atoms with Gasteiger partial charge in [0.2, 0.25) is 0 Å². The van der Waals surface area contributed by atoms with Crippen molar-refractivity contribution in [3.63, 3.8) is 0 Å². The average Bonchev–Trinajstić information content (AvgIpc) is 2.14. The molecule has 0 aromatic heterocycles. The molecule has 1 fully saturated rings. The zero-order valence-corrected chi connectivity index (χ0v) is 8.68. The SMILES string of the molecule is CC(C)c1cccc(C2(F)CNC2)c1. The summed E-state index contributed by atoms with van der Waals surface area (Å²) in [4.78, 5) is 0. The fourth-order valence-corrected chi connectivity index (χ4v) is 1.73. The molecule has 0 atom stereocenters. The van der Waals surface area contributed by atoms with E-state index >= 15 is 0 Å². The topological polar surface area (TPSA) is 12.0 Å². The summed E-state index contributed by atoms with van der Waals surface area (Å²) in [5.74, 6) is 0.464. The predicted octanol–water partition coefficient (Wildman–Crippen LogP) is 2.58. The van der Waals surface area contributed by atoms with Gasteiger partial charge in [-0.05, 0) is 17.0 Å². The van der Waals surface area contributed by atoms with Crippen molar-refractivity contribution < 1.29 is 4.39 Å². The molecule has 0 unspecified atom stereocenters. The summed E-state index contributed by atoms with van der Waals surface area (Å²) < 4.78 is 14.0. The maximum atomic E-state index is 14.0. The lowest BCUT2D eigenvalue weighted by Gasteiger charge is -2.35. The quantitative estimate of drug-likeness (QED) is 0.761. The second-order valence-electron chi connectivity index (χ2n) is 4.35. The molecule has 1 aliphatic heterocycles. The van der Waals surface area contributed by atoms with Gasteiger partial charge >= 0.3 is 0 Å². The Morgan fingerprint density at radius 3 is 2.57 bits per heavy atom. The third-order valence-electron chi connectivity index (χ3n) is 2.88. The molecule has 0 bridgehead atoms. The van der Waals surface area contributed by atoms with E-state index < -0.39 is 5.67 Å².